The van der Waals surface area contributed by atoms with E-state index in [0.29, 0.717) is 4.47 Å². The molecule has 1 N–H and O–H groups in total. The molecule has 6 heteroatoms. The summed E-state index contributed by atoms with van der Waals surface area (Å²) in [5, 5.41) is 14.2. The summed E-state index contributed by atoms with van der Waals surface area (Å²) in [4.78, 5) is 13.0. The Hall–Kier alpha value is -0.980. The van der Waals surface area contributed by atoms with Gasteiger partial charge in [0.2, 0.25) is 0 Å². The molecule has 1 aromatic rings. The van der Waals surface area contributed by atoms with E-state index in [9.17, 15) is 10.1 Å². The second-order valence-electron chi connectivity index (χ2n) is 5.32. The molecule has 1 aliphatic heterocycles. The Morgan fingerprint density at radius 3 is 2.75 bits per heavy atom. The Morgan fingerprint density at radius 2 is 2.15 bits per heavy atom. The molecular formula is C14H20BrN3O2. The van der Waals surface area contributed by atoms with Crippen molar-refractivity contribution >= 4 is 21.6 Å². The number of piperidine rings is 1. The van der Waals surface area contributed by atoms with Crippen LogP contribution < -0.4 is 5.32 Å². The molecule has 0 unspecified atom stereocenters. The van der Waals surface area contributed by atoms with E-state index in [0.717, 1.165) is 37.7 Å². The van der Waals surface area contributed by atoms with Gasteiger partial charge < -0.3 is 5.32 Å². The zero-order valence-corrected chi connectivity index (χ0v) is 13.2. The molecule has 110 valence electrons. The smallest absolute Gasteiger partial charge is 0.283 e. The van der Waals surface area contributed by atoms with Crippen molar-refractivity contribution in [2.75, 3.05) is 26.7 Å². The molecule has 0 atom stereocenters. The van der Waals surface area contributed by atoms with Crippen molar-refractivity contribution < 1.29 is 4.92 Å². The first kappa shape index (κ1) is 15.4. The van der Waals surface area contributed by atoms with E-state index in [1.165, 1.54) is 12.8 Å². The number of halogens is 1. The van der Waals surface area contributed by atoms with Crippen LogP contribution in [0.25, 0.3) is 0 Å². The molecule has 0 spiro atoms. The third kappa shape index (κ3) is 4.01. The quantitative estimate of drug-likeness (QED) is 0.660. The van der Waals surface area contributed by atoms with Crippen LogP contribution in [-0.2, 0) is 6.54 Å². The fraction of sp³-hybridized carbons (Fsp3) is 0.571. The summed E-state index contributed by atoms with van der Waals surface area (Å²) in [5.41, 5.74) is 1.15. The summed E-state index contributed by atoms with van der Waals surface area (Å²) in [6.07, 6.45) is 2.39. The van der Waals surface area contributed by atoms with Crippen molar-refractivity contribution in [1.82, 2.24) is 10.2 Å². The third-order valence-corrected chi connectivity index (χ3v) is 4.48. The van der Waals surface area contributed by atoms with E-state index < -0.39 is 0 Å². The second kappa shape index (κ2) is 7.15. The van der Waals surface area contributed by atoms with Crippen LogP contribution in [0.4, 0.5) is 5.69 Å². The molecule has 1 aromatic carbocycles. The number of hydrogen-bond donors (Lipinski definition) is 1. The number of nitro groups is 1. The van der Waals surface area contributed by atoms with Gasteiger partial charge in [0.25, 0.3) is 5.69 Å². The van der Waals surface area contributed by atoms with Gasteiger partial charge in [-0.2, -0.15) is 0 Å². The van der Waals surface area contributed by atoms with Gasteiger partial charge in [0.15, 0.2) is 0 Å². The Bertz CT molecular complexity index is 473. The first-order chi connectivity index (χ1) is 9.60. The van der Waals surface area contributed by atoms with E-state index in [1.807, 2.05) is 13.1 Å². The van der Waals surface area contributed by atoms with E-state index in [4.69, 9.17) is 0 Å². The number of benzene rings is 1. The molecule has 20 heavy (non-hydrogen) atoms. The average molecular weight is 342 g/mol. The highest BCUT2D eigenvalue weighted by atomic mass is 79.9. The predicted molar refractivity (Wildman–Crippen MR) is 82.7 cm³/mol. The highest BCUT2D eigenvalue weighted by molar-refractivity contribution is 9.10. The van der Waals surface area contributed by atoms with E-state index in [-0.39, 0.29) is 10.6 Å². The first-order valence-electron chi connectivity index (χ1n) is 6.90. The predicted octanol–water partition coefficient (Wildman–Crippen LogP) is 2.79. The zero-order chi connectivity index (χ0) is 14.5. The summed E-state index contributed by atoms with van der Waals surface area (Å²) in [5.74, 6) is 0.760. The van der Waals surface area contributed by atoms with Gasteiger partial charge in [0.05, 0.1) is 9.40 Å². The molecule has 1 fully saturated rings. The van der Waals surface area contributed by atoms with E-state index >= 15 is 0 Å². The summed E-state index contributed by atoms with van der Waals surface area (Å²) >= 11 is 3.22. The SMILES string of the molecule is CNCC1CCN(Cc2ccc(Br)c([N+](=O)[O-])c2)CC1. The minimum absolute atomic E-state index is 0.146. The maximum Gasteiger partial charge on any atom is 0.283 e. The van der Waals surface area contributed by atoms with Crippen molar-refractivity contribution in [2.45, 2.75) is 19.4 Å². The van der Waals surface area contributed by atoms with Crippen LogP contribution in [-0.4, -0.2) is 36.5 Å². The molecule has 1 aliphatic rings. The summed E-state index contributed by atoms with van der Waals surface area (Å²) in [7, 11) is 1.99. The highest BCUT2D eigenvalue weighted by Crippen LogP contribution is 2.27. The number of nitrogens with zero attached hydrogens (tertiary/aromatic N) is 2. The fourth-order valence-corrected chi connectivity index (χ4v) is 3.08. The number of likely N-dealkylation sites (tertiary alicyclic amines) is 1. The largest absolute Gasteiger partial charge is 0.319 e. The van der Waals surface area contributed by atoms with Crippen LogP contribution >= 0.6 is 15.9 Å². The van der Waals surface area contributed by atoms with Crippen molar-refractivity contribution in [2.24, 2.45) is 5.92 Å². The number of nitro benzene ring substituents is 1. The fourth-order valence-electron chi connectivity index (χ4n) is 2.69. The second-order valence-corrected chi connectivity index (χ2v) is 6.17. The van der Waals surface area contributed by atoms with Gasteiger partial charge in [-0.1, -0.05) is 6.07 Å². The monoisotopic (exact) mass is 341 g/mol. The average Bonchev–Trinajstić information content (AvgIpc) is 2.43. The van der Waals surface area contributed by atoms with Gasteiger partial charge in [-0.25, -0.2) is 0 Å². The van der Waals surface area contributed by atoms with Gasteiger partial charge in [0.1, 0.15) is 0 Å². The van der Waals surface area contributed by atoms with Crippen LogP contribution in [0.2, 0.25) is 0 Å². The molecule has 0 bridgehead atoms. The van der Waals surface area contributed by atoms with Gasteiger partial charge in [-0.3, -0.25) is 15.0 Å². The lowest BCUT2D eigenvalue weighted by molar-refractivity contribution is -0.385. The van der Waals surface area contributed by atoms with Gasteiger partial charge in [-0.05, 0) is 73.0 Å². The van der Waals surface area contributed by atoms with Crippen LogP contribution in [0.1, 0.15) is 18.4 Å². The third-order valence-electron chi connectivity index (χ3n) is 3.81. The zero-order valence-electron chi connectivity index (χ0n) is 11.6. The van der Waals surface area contributed by atoms with Gasteiger partial charge in [0, 0.05) is 12.6 Å². The topological polar surface area (TPSA) is 58.4 Å². The molecule has 1 heterocycles. The number of hydrogen-bond acceptors (Lipinski definition) is 4. The standard InChI is InChI=1S/C14H20BrN3O2/c1-16-9-11-4-6-17(7-5-11)10-12-2-3-13(15)14(8-12)18(19)20/h2-3,8,11,16H,4-7,9-10H2,1H3. The highest BCUT2D eigenvalue weighted by Gasteiger charge is 2.19. The maximum atomic E-state index is 10.9. The molecule has 1 saturated heterocycles. The minimum atomic E-state index is -0.341. The van der Waals surface area contributed by atoms with Gasteiger partial charge in [-0.15, -0.1) is 0 Å². The summed E-state index contributed by atoms with van der Waals surface area (Å²) in [6, 6.07) is 5.39. The van der Waals surface area contributed by atoms with E-state index in [2.05, 4.69) is 26.1 Å². The van der Waals surface area contributed by atoms with Crippen molar-refractivity contribution in [3.63, 3.8) is 0 Å². The lowest BCUT2D eigenvalue weighted by atomic mass is 9.96. The lowest BCUT2D eigenvalue weighted by Gasteiger charge is -2.31. The normalized spacial score (nSPS) is 17.3. The number of rotatable bonds is 5. The molecule has 0 amide bonds. The molecule has 0 aromatic heterocycles. The van der Waals surface area contributed by atoms with Crippen LogP contribution in [0, 0.1) is 16.0 Å². The lowest BCUT2D eigenvalue weighted by Crippen LogP contribution is -2.36. The molecule has 2 rings (SSSR count). The molecule has 5 nitrogen and oxygen atoms in total. The van der Waals surface area contributed by atoms with E-state index in [1.54, 1.807) is 12.1 Å². The Labute approximate surface area is 127 Å². The molecule has 0 radical (unpaired) electrons. The Kier molecular flexibility index (Phi) is 5.51. The Morgan fingerprint density at radius 1 is 1.45 bits per heavy atom. The summed E-state index contributed by atoms with van der Waals surface area (Å²) in [6.45, 7) is 4.00. The van der Waals surface area contributed by atoms with Crippen LogP contribution in [0.3, 0.4) is 0 Å². The van der Waals surface area contributed by atoms with Gasteiger partial charge >= 0.3 is 0 Å². The van der Waals surface area contributed by atoms with Crippen LogP contribution in [0.15, 0.2) is 22.7 Å². The Balaban J connectivity index is 1.94. The maximum absolute atomic E-state index is 10.9. The van der Waals surface area contributed by atoms with Crippen molar-refractivity contribution in [1.29, 1.82) is 0 Å². The minimum Gasteiger partial charge on any atom is -0.319 e. The molecule has 0 saturated carbocycles. The first-order valence-corrected chi connectivity index (χ1v) is 7.69. The molecular weight excluding hydrogens is 322 g/mol. The molecule has 0 aliphatic carbocycles. The van der Waals surface area contributed by atoms with Crippen molar-refractivity contribution in [3.05, 3.63) is 38.3 Å². The number of nitrogens with one attached hydrogen (secondary N) is 1. The van der Waals surface area contributed by atoms with Crippen LogP contribution in [0.5, 0.6) is 0 Å². The van der Waals surface area contributed by atoms with Crippen molar-refractivity contribution in [3.8, 4) is 0 Å². The summed E-state index contributed by atoms with van der Waals surface area (Å²) < 4.78 is 0.541.